The van der Waals surface area contributed by atoms with Gasteiger partial charge in [0, 0.05) is 6.54 Å². The molecule has 2 saturated heterocycles. The normalized spacial score (nSPS) is 30.5. The fraction of sp³-hybridized carbons (Fsp3) is 0.667. The third-order valence-corrected chi connectivity index (χ3v) is 2.91. The van der Waals surface area contributed by atoms with Crippen LogP contribution in [0.5, 0.6) is 0 Å². The van der Waals surface area contributed by atoms with E-state index in [0.29, 0.717) is 0 Å². The lowest BCUT2D eigenvalue weighted by Crippen LogP contribution is -2.69. The molecule has 0 aromatic carbocycles. The van der Waals surface area contributed by atoms with Gasteiger partial charge in [-0.2, -0.15) is 0 Å². The molecule has 5 N–H and O–H groups in total. The first-order valence-electron chi connectivity index (χ1n) is 5.45. The zero-order valence-corrected chi connectivity index (χ0v) is 9.46. The SMILES string of the molecule is N[C@@H]1C(=O)N[C@@H]1CN1CC(CNC(=O)O)OC1=O. The smallest absolute Gasteiger partial charge is 0.410 e. The molecule has 9 nitrogen and oxygen atoms in total. The number of nitrogens with two attached hydrogens (primary N) is 1. The Morgan fingerprint density at radius 1 is 1.61 bits per heavy atom. The van der Waals surface area contributed by atoms with Gasteiger partial charge in [-0.25, -0.2) is 9.59 Å². The van der Waals surface area contributed by atoms with Gasteiger partial charge < -0.3 is 31.1 Å². The molecular formula is C9H14N4O5. The molecule has 0 saturated carbocycles. The molecule has 0 radical (unpaired) electrons. The van der Waals surface area contributed by atoms with Crippen LogP contribution in [-0.2, 0) is 9.53 Å². The average Bonchev–Trinajstić information content (AvgIpc) is 2.67. The number of carbonyl (C=O) groups excluding carboxylic acids is 2. The number of carboxylic acid groups (broad SMARTS) is 1. The Morgan fingerprint density at radius 3 is 2.89 bits per heavy atom. The molecule has 2 rings (SSSR count). The van der Waals surface area contributed by atoms with E-state index in [1.54, 1.807) is 0 Å². The summed E-state index contributed by atoms with van der Waals surface area (Å²) < 4.78 is 4.96. The molecule has 0 aromatic rings. The fourth-order valence-electron chi connectivity index (χ4n) is 1.88. The average molecular weight is 258 g/mol. The Balaban J connectivity index is 1.79. The monoisotopic (exact) mass is 258 g/mol. The quantitative estimate of drug-likeness (QED) is 0.427. The molecule has 9 heteroatoms. The maximum absolute atomic E-state index is 11.5. The number of hydrogen-bond donors (Lipinski definition) is 4. The topological polar surface area (TPSA) is 134 Å². The Hall–Kier alpha value is -2.03. The highest BCUT2D eigenvalue weighted by molar-refractivity contribution is 5.89. The van der Waals surface area contributed by atoms with Gasteiger partial charge in [-0.1, -0.05) is 0 Å². The van der Waals surface area contributed by atoms with Gasteiger partial charge in [0.2, 0.25) is 5.91 Å². The lowest BCUT2D eigenvalue weighted by Gasteiger charge is -2.35. The maximum Gasteiger partial charge on any atom is 0.410 e. The van der Waals surface area contributed by atoms with E-state index >= 15 is 0 Å². The second kappa shape index (κ2) is 4.69. The zero-order chi connectivity index (χ0) is 13.3. The molecule has 1 unspecified atom stereocenters. The van der Waals surface area contributed by atoms with Gasteiger partial charge in [0.05, 0.1) is 19.1 Å². The third-order valence-electron chi connectivity index (χ3n) is 2.91. The van der Waals surface area contributed by atoms with Crippen molar-refractivity contribution in [2.75, 3.05) is 19.6 Å². The minimum absolute atomic E-state index is 0.0423. The van der Waals surface area contributed by atoms with E-state index in [9.17, 15) is 14.4 Å². The summed E-state index contributed by atoms with van der Waals surface area (Å²) in [6.07, 6.45) is -2.21. The predicted octanol–water partition coefficient (Wildman–Crippen LogP) is -2.10. The van der Waals surface area contributed by atoms with Gasteiger partial charge in [0.25, 0.3) is 0 Å². The summed E-state index contributed by atoms with van der Waals surface area (Å²) in [5.41, 5.74) is 5.54. The summed E-state index contributed by atoms with van der Waals surface area (Å²) in [4.78, 5) is 34.1. The van der Waals surface area contributed by atoms with E-state index in [-0.39, 0.29) is 31.6 Å². The highest BCUT2D eigenvalue weighted by Crippen LogP contribution is 2.14. The van der Waals surface area contributed by atoms with Crippen LogP contribution in [0, 0.1) is 0 Å². The van der Waals surface area contributed by atoms with Crippen LogP contribution < -0.4 is 16.4 Å². The second-order valence-electron chi connectivity index (χ2n) is 4.24. The van der Waals surface area contributed by atoms with Crippen LogP contribution in [0.25, 0.3) is 0 Å². The fourth-order valence-corrected chi connectivity index (χ4v) is 1.88. The first-order valence-corrected chi connectivity index (χ1v) is 5.45. The number of carbonyl (C=O) groups is 3. The van der Waals surface area contributed by atoms with Crippen molar-refractivity contribution in [3.05, 3.63) is 0 Å². The Morgan fingerprint density at radius 2 is 2.33 bits per heavy atom. The van der Waals surface area contributed by atoms with Crippen molar-refractivity contribution in [3.8, 4) is 0 Å². The molecule has 2 aliphatic heterocycles. The first-order chi connectivity index (χ1) is 8.47. The second-order valence-corrected chi connectivity index (χ2v) is 4.24. The zero-order valence-electron chi connectivity index (χ0n) is 9.46. The van der Waals surface area contributed by atoms with Crippen LogP contribution in [0.15, 0.2) is 0 Å². The number of hydrogen-bond acceptors (Lipinski definition) is 5. The van der Waals surface area contributed by atoms with Gasteiger partial charge in [0.1, 0.15) is 12.1 Å². The molecule has 2 heterocycles. The van der Waals surface area contributed by atoms with Crippen molar-refractivity contribution in [2.24, 2.45) is 5.73 Å². The Kier molecular flexibility index (Phi) is 3.24. The van der Waals surface area contributed by atoms with Crippen molar-refractivity contribution < 1.29 is 24.2 Å². The Bertz CT molecular complexity index is 387. The lowest BCUT2D eigenvalue weighted by atomic mass is 10.00. The summed E-state index contributed by atoms with van der Waals surface area (Å²) in [5.74, 6) is -0.239. The molecule has 0 aromatic heterocycles. The molecule has 18 heavy (non-hydrogen) atoms. The van der Waals surface area contributed by atoms with Crippen LogP contribution in [-0.4, -0.2) is 65.9 Å². The standard InChI is InChI=1S/C9H14N4O5/c10-6-5(12-7(6)14)3-13-2-4(18-9(13)17)1-11-8(15)16/h4-6,11H,1-3,10H2,(H,12,14)(H,15,16)/t4?,5-,6+/m1/s1. The van der Waals surface area contributed by atoms with Crippen molar-refractivity contribution >= 4 is 18.1 Å². The molecule has 3 atom stereocenters. The summed E-state index contributed by atoms with van der Waals surface area (Å²) in [6, 6.07) is -0.870. The lowest BCUT2D eigenvalue weighted by molar-refractivity contribution is -0.130. The largest absolute Gasteiger partial charge is 0.465 e. The van der Waals surface area contributed by atoms with Crippen molar-refractivity contribution in [1.82, 2.24) is 15.5 Å². The molecule has 2 fully saturated rings. The van der Waals surface area contributed by atoms with Gasteiger partial charge in [-0.15, -0.1) is 0 Å². The van der Waals surface area contributed by atoms with E-state index in [0.717, 1.165) is 0 Å². The van der Waals surface area contributed by atoms with Crippen LogP contribution >= 0.6 is 0 Å². The number of ether oxygens (including phenoxy) is 1. The van der Waals surface area contributed by atoms with Gasteiger partial charge in [-0.3, -0.25) is 4.79 Å². The van der Waals surface area contributed by atoms with Crippen LogP contribution in [0.2, 0.25) is 0 Å². The van der Waals surface area contributed by atoms with Crippen molar-refractivity contribution in [3.63, 3.8) is 0 Å². The highest BCUT2D eigenvalue weighted by atomic mass is 16.6. The van der Waals surface area contributed by atoms with Crippen LogP contribution in [0.4, 0.5) is 9.59 Å². The van der Waals surface area contributed by atoms with E-state index in [1.165, 1.54) is 4.90 Å². The number of rotatable bonds is 4. The molecule has 0 bridgehead atoms. The van der Waals surface area contributed by atoms with E-state index in [4.69, 9.17) is 15.6 Å². The van der Waals surface area contributed by atoms with Crippen LogP contribution in [0.3, 0.4) is 0 Å². The van der Waals surface area contributed by atoms with Crippen molar-refractivity contribution in [2.45, 2.75) is 18.2 Å². The van der Waals surface area contributed by atoms with Gasteiger partial charge in [-0.05, 0) is 0 Å². The summed E-state index contributed by atoms with van der Waals surface area (Å²) in [6.45, 7) is 0.591. The van der Waals surface area contributed by atoms with Gasteiger partial charge >= 0.3 is 12.2 Å². The number of cyclic esters (lactones) is 1. The van der Waals surface area contributed by atoms with Crippen LogP contribution in [0.1, 0.15) is 0 Å². The highest BCUT2D eigenvalue weighted by Gasteiger charge is 2.41. The number of amides is 3. The number of nitrogens with zero attached hydrogens (tertiary/aromatic N) is 1. The van der Waals surface area contributed by atoms with E-state index < -0.39 is 24.3 Å². The van der Waals surface area contributed by atoms with Crippen molar-refractivity contribution in [1.29, 1.82) is 0 Å². The minimum atomic E-state index is -1.17. The molecule has 100 valence electrons. The molecule has 3 amide bonds. The molecular weight excluding hydrogens is 244 g/mol. The predicted molar refractivity (Wildman–Crippen MR) is 57.8 cm³/mol. The first kappa shape index (κ1) is 12.4. The van der Waals surface area contributed by atoms with E-state index in [2.05, 4.69) is 10.6 Å². The number of β-lactam (4-membered cyclic amide) rings is 1. The Labute approximate surface area is 102 Å². The van der Waals surface area contributed by atoms with E-state index in [1.807, 2.05) is 0 Å². The van der Waals surface area contributed by atoms with Gasteiger partial charge in [0.15, 0.2) is 0 Å². The minimum Gasteiger partial charge on any atom is -0.465 e. The summed E-state index contributed by atoms with van der Waals surface area (Å²) in [5, 5.41) is 13.2. The number of nitrogens with one attached hydrogen (secondary N) is 2. The summed E-state index contributed by atoms with van der Waals surface area (Å²) >= 11 is 0. The third kappa shape index (κ3) is 2.45. The molecule has 0 spiro atoms. The summed E-state index contributed by atoms with van der Waals surface area (Å²) in [7, 11) is 0. The molecule has 0 aliphatic carbocycles. The molecule has 2 aliphatic rings. The maximum atomic E-state index is 11.5.